The van der Waals surface area contributed by atoms with Crippen LogP contribution in [-0.4, -0.2) is 23.6 Å². The van der Waals surface area contributed by atoms with E-state index in [1.54, 1.807) is 26.4 Å². The van der Waals surface area contributed by atoms with Crippen LogP contribution in [0, 0.1) is 0 Å². The highest BCUT2D eigenvalue weighted by Crippen LogP contribution is 2.30. The summed E-state index contributed by atoms with van der Waals surface area (Å²) in [6.45, 7) is 0. The molecule has 6 rings (SSSR count). The molecule has 0 N–H and O–H groups in total. The maximum atomic E-state index is 13.6. The van der Waals surface area contributed by atoms with Gasteiger partial charge >= 0.3 is 0 Å². The highest BCUT2D eigenvalue weighted by Gasteiger charge is 2.19. The number of hydrogen-bond donors (Lipinski definition) is 0. The molecule has 0 aliphatic rings. The summed E-state index contributed by atoms with van der Waals surface area (Å²) in [6.07, 6.45) is 0. The van der Waals surface area contributed by atoms with E-state index < -0.39 is 0 Å². The van der Waals surface area contributed by atoms with Crippen LogP contribution in [0.4, 0.5) is 0 Å². The van der Waals surface area contributed by atoms with Gasteiger partial charge in [-0.25, -0.2) is 9.35 Å². The molecule has 6 aromatic rings. The van der Waals surface area contributed by atoms with E-state index in [0.29, 0.717) is 55.1 Å². The normalized spacial score (nSPS) is 11.6. The minimum atomic E-state index is -0.101. The van der Waals surface area contributed by atoms with Crippen LogP contribution in [0.25, 0.3) is 43.6 Å². The summed E-state index contributed by atoms with van der Waals surface area (Å²) < 4.78 is 16.4. The van der Waals surface area contributed by atoms with Crippen LogP contribution in [0.15, 0.2) is 91.3 Å². The Hall–Kier alpha value is -3.62. The molecular formula is C28H18Br2N2O4. The van der Waals surface area contributed by atoms with Gasteiger partial charge in [0.05, 0.1) is 47.1 Å². The first kappa shape index (κ1) is 22.8. The van der Waals surface area contributed by atoms with Crippen molar-refractivity contribution in [2.75, 3.05) is 14.2 Å². The van der Waals surface area contributed by atoms with Crippen molar-refractivity contribution in [3.05, 3.63) is 102 Å². The first-order valence-corrected chi connectivity index (χ1v) is 12.6. The number of rotatable bonds is 3. The lowest BCUT2D eigenvalue weighted by Gasteiger charge is -2.23. The molecule has 0 radical (unpaired) electrons. The van der Waals surface area contributed by atoms with Crippen molar-refractivity contribution in [2.45, 2.75) is 0 Å². The molecular weight excluding hydrogens is 588 g/mol. The van der Waals surface area contributed by atoms with Gasteiger partial charge in [-0.15, -0.1) is 0 Å². The molecule has 4 aromatic carbocycles. The number of benzene rings is 4. The Morgan fingerprint density at radius 1 is 0.528 bits per heavy atom. The van der Waals surface area contributed by atoms with Gasteiger partial charge in [0, 0.05) is 19.7 Å². The van der Waals surface area contributed by atoms with Crippen LogP contribution in [0.1, 0.15) is 0 Å². The summed E-state index contributed by atoms with van der Waals surface area (Å²) >= 11 is 7.02. The Morgan fingerprint density at radius 3 is 1.22 bits per heavy atom. The average molecular weight is 606 g/mol. The van der Waals surface area contributed by atoms with Gasteiger partial charge in [0.1, 0.15) is 11.5 Å². The third-order valence-corrected chi connectivity index (χ3v) is 7.40. The predicted molar refractivity (Wildman–Crippen MR) is 151 cm³/mol. The van der Waals surface area contributed by atoms with Gasteiger partial charge in [0.15, 0.2) is 10.9 Å². The fourth-order valence-electron chi connectivity index (χ4n) is 4.75. The SMILES string of the molecule is COc1ccc2c(c1)c(=O)c1cc(Br)ccc1n2-n1c2ccc(Br)cc2c(=O)c2cc(OC)ccc21. The molecule has 8 heteroatoms. The molecule has 0 fully saturated rings. The smallest absolute Gasteiger partial charge is 0.197 e. The van der Waals surface area contributed by atoms with Crippen molar-refractivity contribution in [1.29, 1.82) is 0 Å². The molecule has 0 spiro atoms. The standard InChI is InChI=1S/C28H18Br2N2O4/c1-35-17-5-9-25-21(13-17)27(33)19-11-15(29)3-7-23(19)31(25)32-24-8-4-16(30)12-20(24)28(34)22-14-18(36-2)6-10-26(22)32/h3-14H,1-2H3. The number of nitrogens with zero attached hydrogens (tertiary/aromatic N) is 2. The quantitative estimate of drug-likeness (QED) is 0.217. The zero-order valence-corrected chi connectivity index (χ0v) is 22.4. The van der Waals surface area contributed by atoms with E-state index in [9.17, 15) is 9.59 Å². The molecule has 0 unspecified atom stereocenters. The zero-order chi connectivity index (χ0) is 25.1. The number of fused-ring (bicyclic) bond motifs is 4. The van der Waals surface area contributed by atoms with E-state index in [4.69, 9.17) is 9.47 Å². The molecule has 0 aliphatic heterocycles. The second kappa shape index (κ2) is 8.50. The summed E-state index contributed by atoms with van der Waals surface area (Å²) in [7, 11) is 3.15. The van der Waals surface area contributed by atoms with Gasteiger partial charge in [-0.3, -0.25) is 9.59 Å². The Morgan fingerprint density at radius 2 is 0.861 bits per heavy atom. The molecule has 0 bridgehead atoms. The maximum absolute atomic E-state index is 13.6. The largest absolute Gasteiger partial charge is 0.497 e. The van der Waals surface area contributed by atoms with Crippen LogP contribution >= 0.6 is 31.9 Å². The van der Waals surface area contributed by atoms with Gasteiger partial charge in [-0.1, -0.05) is 31.9 Å². The van der Waals surface area contributed by atoms with Crippen molar-refractivity contribution in [3.63, 3.8) is 0 Å². The fraction of sp³-hybridized carbons (Fsp3) is 0.0714. The van der Waals surface area contributed by atoms with Gasteiger partial charge in [0.25, 0.3) is 0 Å². The van der Waals surface area contributed by atoms with Crippen LogP contribution in [-0.2, 0) is 0 Å². The third-order valence-electron chi connectivity index (χ3n) is 6.42. The number of ether oxygens (including phenoxy) is 2. The number of halogens is 2. The van der Waals surface area contributed by atoms with Crippen LogP contribution in [0.5, 0.6) is 11.5 Å². The molecule has 0 amide bonds. The lowest BCUT2D eigenvalue weighted by molar-refractivity contribution is 0.415. The van der Waals surface area contributed by atoms with Crippen molar-refractivity contribution >= 4 is 75.5 Å². The first-order chi connectivity index (χ1) is 17.4. The molecule has 0 saturated carbocycles. The van der Waals surface area contributed by atoms with Crippen molar-refractivity contribution < 1.29 is 9.47 Å². The minimum absolute atomic E-state index is 0.101. The molecule has 178 valence electrons. The van der Waals surface area contributed by atoms with E-state index in [-0.39, 0.29) is 10.9 Å². The maximum Gasteiger partial charge on any atom is 0.197 e. The summed E-state index contributed by atoms with van der Waals surface area (Å²) in [4.78, 5) is 27.3. The van der Waals surface area contributed by atoms with Crippen LogP contribution < -0.4 is 20.3 Å². The van der Waals surface area contributed by atoms with E-state index in [1.807, 2.05) is 70.0 Å². The van der Waals surface area contributed by atoms with Gasteiger partial charge in [-0.2, -0.15) is 0 Å². The number of methoxy groups -OCH3 is 2. The lowest BCUT2D eigenvalue weighted by atomic mass is 10.1. The number of hydrogen-bond acceptors (Lipinski definition) is 4. The lowest BCUT2D eigenvalue weighted by Crippen LogP contribution is -2.21. The highest BCUT2D eigenvalue weighted by atomic mass is 79.9. The summed E-state index contributed by atoms with van der Waals surface area (Å²) in [6, 6.07) is 22.2. The molecule has 0 atom stereocenters. The molecule has 36 heavy (non-hydrogen) atoms. The summed E-state index contributed by atoms with van der Waals surface area (Å²) in [5.41, 5.74) is 2.56. The minimum Gasteiger partial charge on any atom is -0.497 e. The van der Waals surface area contributed by atoms with Crippen LogP contribution in [0.2, 0.25) is 0 Å². The zero-order valence-electron chi connectivity index (χ0n) is 19.2. The molecule has 2 aromatic heterocycles. The second-order valence-electron chi connectivity index (χ2n) is 8.37. The van der Waals surface area contributed by atoms with Crippen LogP contribution in [0.3, 0.4) is 0 Å². The van der Waals surface area contributed by atoms with Crippen molar-refractivity contribution in [3.8, 4) is 11.5 Å². The first-order valence-electron chi connectivity index (χ1n) is 11.1. The van der Waals surface area contributed by atoms with Crippen molar-refractivity contribution in [2.24, 2.45) is 0 Å². The number of pyridine rings is 2. The average Bonchev–Trinajstić information content (AvgIpc) is 2.90. The number of aromatic nitrogens is 2. The molecule has 0 aliphatic carbocycles. The molecule has 2 heterocycles. The van der Waals surface area contributed by atoms with E-state index in [2.05, 4.69) is 31.9 Å². The highest BCUT2D eigenvalue weighted by molar-refractivity contribution is 9.10. The van der Waals surface area contributed by atoms with E-state index in [0.717, 1.165) is 8.95 Å². The second-order valence-corrected chi connectivity index (χ2v) is 10.2. The monoisotopic (exact) mass is 604 g/mol. The Labute approximate surface area is 221 Å². The summed E-state index contributed by atoms with van der Waals surface area (Å²) in [5.74, 6) is 1.17. The topological polar surface area (TPSA) is 62.5 Å². The van der Waals surface area contributed by atoms with Gasteiger partial charge in [0.2, 0.25) is 0 Å². The third kappa shape index (κ3) is 3.36. The Balaban J connectivity index is 1.94. The fourth-order valence-corrected chi connectivity index (χ4v) is 5.47. The predicted octanol–water partition coefficient (Wildman–Crippen LogP) is 6.48. The van der Waals surface area contributed by atoms with Crippen molar-refractivity contribution in [1.82, 2.24) is 9.35 Å². The summed E-state index contributed by atoms with van der Waals surface area (Å²) in [5, 5.41) is 2.09. The Bertz CT molecular complexity index is 1850. The molecule has 6 nitrogen and oxygen atoms in total. The van der Waals surface area contributed by atoms with E-state index in [1.165, 1.54) is 0 Å². The van der Waals surface area contributed by atoms with Gasteiger partial charge < -0.3 is 9.47 Å². The Kier molecular flexibility index (Phi) is 5.39. The molecule has 0 saturated heterocycles. The van der Waals surface area contributed by atoms with Gasteiger partial charge in [-0.05, 0) is 72.8 Å². The van der Waals surface area contributed by atoms with E-state index >= 15 is 0 Å².